The van der Waals surface area contributed by atoms with E-state index in [4.69, 9.17) is 5.73 Å². The number of hydrogen-bond acceptors (Lipinski definition) is 4. The van der Waals surface area contributed by atoms with E-state index in [-0.39, 0.29) is 16.3 Å². The molecule has 2 aromatic rings. The van der Waals surface area contributed by atoms with Gasteiger partial charge in [0.1, 0.15) is 0 Å². The molecule has 0 spiro atoms. The highest BCUT2D eigenvalue weighted by Gasteiger charge is 2.18. The van der Waals surface area contributed by atoms with Gasteiger partial charge in [0.15, 0.2) is 9.84 Å². The molecule has 0 aliphatic rings. The van der Waals surface area contributed by atoms with Crippen molar-refractivity contribution in [2.75, 3.05) is 16.8 Å². The first kappa shape index (κ1) is 15.1. The molecule has 0 radical (unpaired) electrons. The van der Waals surface area contributed by atoms with Crippen LogP contribution >= 0.6 is 0 Å². The van der Waals surface area contributed by atoms with Gasteiger partial charge in [0.2, 0.25) is 0 Å². The SMILES string of the molecule is CCS(=O)(=O)c1ccccc1NC(=O)c1ccccc1N. The number of carbonyl (C=O) groups is 1. The van der Waals surface area contributed by atoms with E-state index in [1.165, 1.54) is 6.07 Å². The van der Waals surface area contributed by atoms with E-state index in [9.17, 15) is 13.2 Å². The maximum atomic E-state index is 12.2. The lowest BCUT2D eigenvalue weighted by Crippen LogP contribution is -2.16. The zero-order valence-electron chi connectivity index (χ0n) is 11.5. The summed E-state index contributed by atoms with van der Waals surface area (Å²) in [7, 11) is -3.41. The van der Waals surface area contributed by atoms with Gasteiger partial charge in [0, 0.05) is 5.69 Å². The second kappa shape index (κ2) is 5.97. The highest BCUT2D eigenvalue weighted by molar-refractivity contribution is 7.91. The van der Waals surface area contributed by atoms with Crippen LogP contribution in [-0.4, -0.2) is 20.1 Å². The van der Waals surface area contributed by atoms with E-state index >= 15 is 0 Å². The topological polar surface area (TPSA) is 89.3 Å². The van der Waals surface area contributed by atoms with Gasteiger partial charge in [-0.2, -0.15) is 0 Å². The maximum absolute atomic E-state index is 12.2. The Balaban J connectivity index is 2.38. The molecule has 0 aliphatic heterocycles. The number of rotatable bonds is 4. The molecule has 2 rings (SSSR count). The number of sulfone groups is 1. The summed E-state index contributed by atoms with van der Waals surface area (Å²) in [4.78, 5) is 12.3. The summed E-state index contributed by atoms with van der Waals surface area (Å²) in [5.41, 5.74) is 6.65. The zero-order chi connectivity index (χ0) is 15.5. The van der Waals surface area contributed by atoms with Crippen molar-refractivity contribution in [3.05, 3.63) is 54.1 Å². The van der Waals surface area contributed by atoms with Crippen LogP contribution in [-0.2, 0) is 9.84 Å². The molecule has 0 saturated carbocycles. The van der Waals surface area contributed by atoms with E-state index in [1.54, 1.807) is 49.4 Å². The van der Waals surface area contributed by atoms with Crippen molar-refractivity contribution in [2.45, 2.75) is 11.8 Å². The number of nitrogens with one attached hydrogen (secondary N) is 1. The zero-order valence-corrected chi connectivity index (χ0v) is 12.4. The fourth-order valence-electron chi connectivity index (χ4n) is 1.89. The first-order valence-electron chi connectivity index (χ1n) is 6.43. The molecule has 0 fully saturated rings. The number of nitrogens with two attached hydrogens (primary N) is 1. The maximum Gasteiger partial charge on any atom is 0.257 e. The van der Waals surface area contributed by atoms with Crippen LogP contribution in [0.2, 0.25) is 0 Å². The van der Waals surface area contributed by atoms with Crippen LogP contribution in [0.4, 0.5) is 11.4 Å². The molecule has 0 unspecified atom stereocenters. The number of anilines is 2. The van der Waals surface area contributed by atoms with Crippen molar-refractivity contribution in [1.29, 1.82) is 0 Å². The summed E-state index contributed by atoms with van der Waals surface area (Å²) in [6.07, 6.45) is 0. The third-order valence-electron chi connectivity index (χ3n) is 3.06. The molecule has 5 nitrogen and oxygen atoms in total. The standard InChI is InChI=1S/C15H16N2O3S/c1-2-21(19,20)14-10-6-5-9-13(14)17-15(18)11-7-3-4-8-12(11)16/h3-10H,2,16H2,1H3,(H,17,18). The van der Waals surface area contributed by atoms with Crippen LogP contribution in [0.5, 0.6) is 0 Å². The average molecular weight is 304 g/mol. The fourth-order valence-corrected chi connectivity index (χ4v) is 2.94. The van der Waals surface area contributed by atoms with E-state index in [1.807, 2.05) is 0 Å². The van der Waals surface area contributed by atoms with Crippen molar-refractivity contribution in [3.8, 4) is 0 Å². The smallest absolute Gasteiger partial charge is 0.257 e. The minimum absolute atomic E-state index is 0.0344. The van der Waals surface area contributed by atoms with Crippen LogP contribution in [0.1, 0.15) is 17.3 Å². The summed E-state index contributed by atoms with van der Waals surface area (Å²) < 4.78 is 24.1. The van der Waals surface area contributed by atoms with Crippen LogP contribution in [0, 0.1) is 0 Å². The van der Waals surface area contributed by atoms with Crippen molar-refractivity contribution in [3.63, 3.8) is 0 Å². The molecule has 0 atom stereocenters. The number of carbonyl (C=O) groups excluding carboxylic acids is 1. The number of hydrogen-bond donors (Lipinski definition) is 2. The van der Waals surface area contributed by atoms with E-state index in [2.05, 4.69) is 5.32 Å². The summed E-state index contributed by atoms with van der Waals surface area (Å²) in [6.45, 7) is 1.56. The molecular formula is C15H16N2O3S. The molecule has 0 aliphatic carbocycles. The highest BCUT2D eigenvalue weighted by atomic mass is 32.2. The molecule has 6 heteroatoms. The highest BCUT2D eigenvalue weighted by Crippen LogP contribution is 2.23. The Morgan fingerprint density at radius 2 is 1.71 bits per heavy atom. The second-order valence-electron chi connectivity index (χ2n) is 4.44. The summed E-state index contributed by atoms with van der Waals surface area (Å²) in [5, 5.41) is 2.61. The Labute approximate surface area is 123 Å². The fraction of sp³-hybridized carbons (Fsp3) is 0.133. The molecule has 0 aromatic heterocycles. The van der Waals surface area contributed by atoms with Gasteiger partial charge in [-0.05, 0) is 24.3 Å². The van der Waals surface area contributed by atoms with Gasteiger partial charge in [0.05, 0.1) is 21.9 Å². The number of nitrogen functional groups attached to an aromatic ring is 1. The molecule has 0 bridgehead atoms. The van der Waals surface area contributed by atoms with Crippen molar-refractivity contribution in [2.24, 2.45) is 0 Å². The molecular weight excluding hydrogens is 288 g/mol. The third kappa shape index (κ3) is 3.22. The van der Waals surface area contributed by atoms with Crippen LogP contribution < -0.4 is 11.1 Å². The second-order valence-corrected chi connectivity index (χ2v) is 6.69. The van der Waals surface area contributed by atoms with Gasteiger partial charge in [-0.15, -0.1) is 0 Å². The molecule has 3 N–H and O–H groups in total. The van der Waals surface area contributed by atoms with Gasteiger partial charge in [-0.3, -0.25) is 4.79 Å². The van der Waals surface area contributed by atoms with Crippen LogP contribution in [0.25, 0.3) is 0 Å². The van der Waals surface area contributed by atoms with E-state index in [0.717, 1.165) is 0 Å². The molecule has 0 heterocycles. The predicted molar refractivity (Wildman–Crippen MR) is 83.0 cm³/mol. The molecule has 110 valence electrons. The number of amides is 1. The lowest BCUT2D eigenvalue weighted by Gasteiger charge is -2.11. The Morgan fingerprint density at radius 3 is 2.38 bits per heavy atom. The molecule has 2 aromatic carbocycles. The lowest BCUT2D eigenvalue weighted by molar-refractivity contribution is 0.102. The van der Waals surface area contributed by atoms with Crippen LogP contribution in [0.15, 0.2) is 53.4 Å². The predicted octanol–water partition coefficient (Wildman–Crippen LogP) is 2.31. The minimum Gasteiger partial charge on any atom is -0.398 e. The minimum atomic E-state index is -3.41. The Hall–Kier alpha value is -2.34. The Morgan fingerprint density at radius 1 is 1.10 bits per heavy atom. The summed E-state index contributed by atoms with van der Waals surface area (Å²) >= 11 is 0. The number of benzene rings is 2. The molecule has 21 heavy (non-hydrogen) atoms. The molecule has 0 saturated heterocycles. The van der Waals surface area contributed by atoms with E-state index in [0.29, 0.717) is 11.3 Å². The summed E-state index contributed by atoms with van der Waals surface area (Å²) in [5.74, 6) is -0.472. The molecule has 1 amide bonds. The van der Waals surface area contributed by atoms with Crippen molar-refractivity contribution < 1.29 is 13.2 Å². The van der Waals surface area contributed by atoms with E-state index < -0.39 is 15.7 Å². The van der Waals surface area contributed by atoms with Crippen LogP contribution in [0.3, 0.4) is 0 Å². The first-order chi connectivity index (χ1) is 9.95. The monoisotopic (exact) mass is 304 g/mol. The Kier molecular flexibility index (Phi) is 4.28. The lowest BCUT2D eigenvalue weighted by atomic mass is 10.1. The first-order valence-corrected chi connectivity index (χ1v) is 8.08. The summed E-state index contributed by atoms with van der Waals surface area (Å²) in [6, 6.07) is 12.9. The van der Waals surface area contributed by atoms with Gasteiger partial charge >= 0.3 is 0 Å². The number of para-hydroxylation sites is 2. The third-order valence-corrected chi connectivity index (χ3v) is 4.84. The quantitative estimate of drug-likeness (QED) is 0.848. The van der Waals surface area contributed by atoms with Gasteiger partial charge in [-0.25, -0.2) is 8.42 Å². The van der Waals surface area contributed by atoms with Gasteiger partial charge < -0.3 is 11.1 Å². The Bertz CT molecular complexity index is 770. The normalized spacial score (nSPS) is 11.1. The van der Waals surface area contributed by atoms with Gasteiger partial charge in [-0.1, -0.05) is 31.2 Å². The van der Waals surface area contributed by atoms with Gasteiger partial charge in [0.25, 0.3) is 5.91 Å². The average Bonchev–Trinajstić information content (AvgIpc) is 2.48. The van der Waals surface area contributed by atoms with Crippen molar-refractivity contribution in [1.82, 2.24) is 0 Å². The largest absolute Gasteiger partial charge is 0.398 e. The van der Waals surface area contributed by atoms with Crippen molar-refractivity contribution >= 4 is 27.1 Å².